The van der Waals surface area contributed by atoms with Crippen molar-refractivity contribution in [2.75, 3.05) is 11.9 Å². The van der Waals surface area contributed by atoms with Crippen LogP contribution in [0.2, 0.25) is 0 Å². The maximum absolute atomic E-state index is 10.8. The summed E-state index contributed by atoms with van der Waals surface area (Å²) in [5.41, 5.74) is 3.37. The van der Waals surface area contributed by atoms with Crippen molar-refractivity contribution in [3.05, 3.63) is 41.5 Å². The van der Waals surface area contributed by atoms with Gasteiger partial charge in [0, 0.05) is 25.7 Å². The molecule has 0 bridgehead atoms. The number of amides is 1. The topological polar surface area (TPSA) is 41.1 Å². The van der Waals surface area contributed by atoms with Crippen LogP contribution in [0.4, 0.5) is 5.69 Å². The van der Waals surface area contributed by atoms with Gasteiger partial charge in [-0.05, 0) is 31.5 Å². The van der Waals surface area contributed by atoms with Gasteiger partial charge in [0.25, 0.3) is 0 Å². The molecule has 0 aliphatic carbocycles. The first-order valence-corrected chi connectivity index (χ1v) is 5.78. The maximum atomic E-state index is 10.8. The second-order valence-electron chi connectivity index (χ2n) is 4.29. The molecule has 17 heavy (non-hydrogen) atoms. The van der Waals surface area contributed by atoms with Crippen LogP contribution in [0.15, 0.2) is 35.9 Å². The van der Waals surface area contributed by atoms with Crippen LogP contribution >= 0.6 is 0 Å². The second-order valence-corrected chi connectivity index (χ2v) is 4.29. The number of carbonyl (C=O) groups excluding carboxylic acids is 1. The molecule has 0 unspecified atom stereocenters. The predicted octanol–water partition coefficient (Wildman–Crippen LogP) is 2.70. The third-order valence-corrected chi connectivity index (χ3v) is 2.26. The fourth-order valence-electron chi connectivity index (χ4n) is 1.40. The summed E-state index contributed by atoms with van der Waals surface area (Å²) in [5, 5.41) is 6.07. The van der Waals surface area contributed by atoms with Crippen LogP contribution in [0.25, 0.3) is 0 Å². The van der Waals surface area contributed by atoms with Gasteiger partial charge in [0.15, 0.2) is 0 Å². The molecule has 0 fully saturated rings. The van der Waals surface area contributed by atoms with E-state index in [9.17, 15) is 4.79 Å². The van der Waals surface area contributed by atoms with Gasteiger partial charge < -0.3 is 10.6 Å². The average molecular weight is 232 g/mol. The van der Waals surface area contributed by atoms with Crippen molar-refractivity contribution < 1.29 is 4.79 Å². The quantitative estimate of drug-likeness (QED) is 0.605. The molecule has 92 valence electrons. The van der Waals surface area contributed by atoms with Crippen molar-refractivity contribution in [1.82, 2.24) is 5.32 Å². The molecule has 0 aromatic heterocycles. The minimum atomic E-state index is -0.0422. The minimum Gasteiger partial charge on any atom is -0.326 e. The first-order valence-electron chi connectivity index (χ1n) is 5.78. The van der Waals surface area contributed by atoms with E-state index in [0.29, 0.717) is 0 Å². The zero-order chi connectivity index (χ0) is 12.7. The molecule has 3 heteroatoms. The standard InChI is InChI=1S/C14H20N2O/c1-11(2)8-9-15-10-13-4-6-14(7-5-13)16-12(3)17/h4-8,15H,9-10H2,1-3H3,(H,16,17). The van der Waals surface area contributed by atoms with Gasteiger partial charge in [-0.25, -0.2) is 0 Å². The molecular formula is C14H20N2O. The Morgan fingerprint density at radius 3 is 2.35 bits per heavy atom. The number of hydrogen-bond acceptors (Lipinski definition) is 2. The van der Waals surface area contributed by atoms with Crippen LogP contribution in [0, 0.1) is 0 Å². The highest BCUT2D eigenvalue weighted by Crippen LogP contribution is 2.09. The van der Waals surface area contributed by atoms with Gasteiger partial charge in [-0.1, -0.05) is 23.8 Å². The van der Waals surface area contributed by atoms with E-state index >= 15 is 0 Å². The normalized spacial score (nSPS) is 9.82. The van der Waals surface area contributed by atoms with Gasteiger partial charge in [0.2, 0.25) is 5.91 Å². The van der Waals surface area contributed by atoms with Crippen molar-refractivity contribution in [2.24, 2.45) is 0 Å². The summed E-state index contributed by atoms with van der Waals surface area (Å²) in [5.74, 6) is -0.0422. The number of rotatable bonds is 5. The number of nitrogens with one attached hydrogen (secondary N) is 2. The van der Waals surface area contributed by atoms with Crippen LogP contribution in [-0.2, 0) is 11.3 Å². The van der Waals surface area contributed by atoms with Gasteiger partial charge >= 0.3 is 0 Å². The van der Waals surface area contributed by atoms with Gasteiger partial charge in [-0.2, -0.15) is 0 Å². The second kappa shape index (κ2) is 6.86. The van der Waals surface area contributed by atoms with E-state index in [-0.39, 0.29) is 5.91 Å². The Morgan fingerprint density at radius 2 is 1.82 bits per heavy atom. The molecule has 0 radical (unpaired) electrons. The molecule has 0 heterocycles. The monoisotopic (exact) mass is 232 g/mol. The average Bonchev–Trinajstić information content (AvgIpc) is 2.25. The molecule has 2 N–H and O–H groups in total. The van der Waals surface area contributed by atoms with Crippen molar-refractivity contribution in [1.29, 1.82) is 0 Å². The van der Waals surface area contributed by atoms with Crippen LogP contribution in [0.5, 0.6) is 0 Å². The smallest absolute Gasteiger partial charge is 0.221 e. The summed E-state index contributed by atoms with van der Waals surface area (Å²) < 4.78 is 0. The van der Waals surface area contributed by atoms with E-state index < -0.39 is 0 Å². The fourth-order valence-corrected chi connectivity index (χ4v) is 1.40. The molecule has 1 amide bonds. The summed E-state index contributed by atoms with van der Waals surface area (Å²) in [4.78, 5) is 10.8. The van der Waals surface area contributed by atoms with E-state index in [1.165, 1.54) is 18.1 Å². The summed E-state index contributed by atoms with van der Waals surface area (Å²) in [7, 11) is 0. The minimum absolute atomic E-state index is 0.0422. The zero-order valence-corrected chi connectivity index (χ0v) is 10.7. The molecule has 1 aromatic rings. The molecule has 1 aromatic carbocycles. The zero-order valence-electron chi connectivity index (χ0n) is 10.7. The lowest BCUT2D eigenvalue weighted by atomic mass is 10.2. The summed E-state index contributed by atoms with van der Waals surface area (Å²) >= 11 is 0. The lowest BCUT2D eigenvalue weighted by molar-refractivity contribution is -0.114. The third-order valence-electron chi connectivity index (χ3n) is 2.26. The number of allylic oxidation sites excluding steroid dienone is 1. The Labute approximate surface area is 103 Å². The van der Waals surface area contributed by atoms with E-state index in [1.54, 1.807) is 0 Å². The van der Waals surface area contributed by atoms with Crippen LogP contribution in [0.3, 0.4) is 0 Å². The van der Waals surface area contributed by atoms with Crippen molar-refractivity contribution >= 4 is 11.6 Å². The molecule has 0 atom stereocenters. The highest BCUT2D eigenvalue weighted by atomic mass is 16.1. The molecular weight excluding hydrogens is 212 g/mol. The van der Waals surface area contributed by atoms with Gasteiger partial charge in [0.1, 0.15) is 0 Å². The molecule has 3 nitrogen and oxygen atoms in total. The fraction of sp³-hybridized carbons (Fsp3) is 0.357. The van der Waals surface area contributed by atoms with Crippen molar-refractivity contribution in [2.45, 2.75) is 27.3 Å². The highest BCUT2D eigenvalue weighted by molar-refractivity contribution is 5.88. The largest absolute Gasteiger partial charge is 0.326 e. The van der Waals surface area contributed by atoms with Crippen LogP contribution in [0.1, 0.15) is 26.3 Å². The van der Waals surface area contributed by atoms with Gasteiger partial charge in [-0.15, -0.1) is 0 Å². The number of anilines is 1. The Morgan fingerprint density at radius 1 is 1.18 bits per heavy atom. The Hall–Kier alpha value is -1.61. The van der Waals surface area contributed by atoms with E-state index in [2.05, 4.69) is 30.6 Å². The highest BCUT2D eigenvalue weighted by Gasteiger charge is 1.95. The van der Waals surface area contributed by atoms with Gasteiger partial charge in [0.05, 0.1) is 0 Å². The molecule has 0 aliphatic heterocycles. The summed E-state index contributed by atoms with van der Waals surface area (Å²) in [6, 6.07) is 7.86. The first-order chi connectivity index (χ1) is 8.08. The Kier molecular flexibility index (Phi) is 5.43. The Balaban J connectivity index is 2.40. The Bertz CT molecular complexity index is 389. The first kappa shape index (κ1) is 13.5. The molecule has 0 saturated heterocycles. The summed E-state index contributed by atoms with van der Waals surface area (Å²) in [6.07, 6.45) is 2.16. The van der Waals surface area contributed by atoms with Crippen LogP contribution in [-0.4, -0.2) is 12.5 Å². The van der Waals surface area contributed by atoms with Gasteiger partial charge in [-0.3, -0.25) is 4.79 Å². The lowest BCUT2D eigenvalue weighted by Crippen LogP contribution is -2.13. The van der Waals surface area contributed by atoms with Crippen molar-refractivity contribution in [3.8, 4) is 0 Å². The van der Waals surface area contributed by atoms with E-state index in [4.69, 9.17) is 0 Å². The maximum Gasteiger partial charge on any atom is 0.221 e. The molecule has 0 spiro atoms. The molecule has 1 rings (SSSR count). The van der Waals surface area contributed by atoms with E-state index in [0.717, 1.165) is 18.8 Å². The van der Waals surface area contributed by atoms with Crippen molar-refractivity contribution in [3.63, 3.8) is 0 Å². The summed E-state index contributed by atoms with van der Waals surface area (Å²) in [6.45, 7) is 7.41. The molecule has 0 aliphatic rings. The van der Waals surface area contributed by atoms with Crippen LogP contribution < -0.4 is 10.6 Å². The lowest BCUT2D eigenvalue weighted by Gasteiger charge is -2.05. The number of carbonyl (C=O) groups is 1. The SMILES string of the molecule is CC(=O)Nc1ccc(CNCC=C(C)C)cc1. The molecule has 0 saturated carbocycles. The predicted molar refractivity (Wildman–Crippen MR) is 71.9 cm³/mol. The third kappa shape index (κ3) is 5.88. The number of hydrogen-bond donors (Lipinski definition) is 2. The number of benzene rings is 1. The van der Waals surface area contributed by atoms with E-state index in [1.807, 2.05) is 24.3 Å².